The Labute approximate surface area is 218 Å². The SMILES string of the molecule is Cc1ccc2c(c1)[C@H](O)C[C@H](C(=O)NC13CCC(CC(=O)COC4CC(OC(F)(F)F)C4)(CC1)[C@@H](O)C3)O2. The largest absolute Gasteiger partial charge is 0.522 e. The van der Waals surface area contributed by atoms with E-state index in [9.17, 15) is 33.0 Å². The van der Waals surface area contributed by atoms with E-state index in [2.05, 4.69) is 10.1 Å². The number of benzene rings is 1. The van der Waals surface area contributed by atoms with Gasteiger partial charge in [-0.25, -0.2) is 0 Å². The molecular formula is C27H34F3NO7. The summed E-state index contributed by atoms with van der Waals surface area (Å²) >= 11 is 0. The first-order chi connectivity index (χ1) is 17.9. The number of ketones is 1. The number of ether oxygens (including phenoxy) is 3. The number of amides is 1. The molecular weight excluding hydrogens is 507 g/mol. The Bertz CT molecular complexity index is 1060. The monoisotopic (exact) mass is 541 g/mol. The first-order valence-corrected chi connectivity index (χ1v) is 13.2. The van der Waals surface area contributed by atoms with E-state index in [1.165, 1.54) is 0 Å². The molecule has 0 unspecified atom stereocenters. The summed E-state index contributed by atoms with van der Waals surface area (Å²) < 4.78 is 52.0. The van der Waals surface area contributed by atoms with Crippen molar-refractivity contribution in [2.45, 2.75) is 107 Å². The molecule has 38 heavy (non-hydrogen) atoms. The Hall–Kier alpha value is -2.21. The zero-order valence-electron chi connectivity index (χ0n) is 21.3. The van der Waals surface area contributed by atoms with Crippen molar-refractivity contribution in [2.75, 3.05) is 6.61 Å². The van der Waals surface area contributed by atoms with Crippen molar-refractivity contribution in [1.82, 2.24) is 5.32 Å². The zero-order chi connectivity index (χ0) is 27.3. The van der Waals surface area contributed by atoms with Crippen LogP contribution in [0.25, 0.3) is 0 Å². The fourth-order valence-corrected chi connectivity index (χ4v) is 6.48. The second kappa shape index (κ2) is 10.1. The van der Waals surface area contributed by atoms with Gasteiger partial charge < -0.3 is 25.0 Å². The summed E-state index contributed by atoms with van der Waals surface area (Å²) in [6.07, 6.45) is -5.39. The highest BCUT2D eigenvalue weighted by atomic mass is 19.4. The third-order valence-corrected chi connectivity index (χ3v) is 8.79. The highest BCUT2D eigenvalue weighted by Crippen LogP contribution is 2.54. The molecule has 1 aromatic rings. The molecule has 3 atom stereocenters. The molecule has 4 fully saturated rings. The Morgan fingerprint density at radius 3 is 2.47 bits per heavy atom. The predicted molar refractivity (Wildman–Crippen MR) is 127 cm³/mol. The van der Waals surface area contributed by atoms with Crippen LogP contribution in [0.2, 0.25) is 0 Å². The molecule has 0 spiro atoms. The maximum atomic E-state index is 13.1. The van der Waals surface area contributed by atoms with E-state index in [1.807, 2.05) is 19.1 Å². The Morgan fingerprint density at radius 2 is 1.82 bits per heavy atom. The molecule has 8 nitrogen and oxygen atoms in total. The first-order valence-electron chi connectivity index (χ1n) is 13.2. The third-order valence-electron chi connectivity index (χ3n) is 8.79. The maximum absolute atomic E-state index is 13.1. The van der Waals surface area contributed by atoms with Crippen molar-refractivity contribution >= 4 is 11.7 Å². The van der Waals surface area contributed by atoms with Gasteiger partial charge in [-0.1, -0.05) is 11.6 Å². The summed E-state index contributed by atoms with van der Waals surface area (Å²) in [5.74, 6) is -0.0276. The molecule has 2 bridgehead atoms. The van der Waals surface area contributed by atoms with Crippen LogP contribution in [0.5, 0.6) is 5.75 Å². The predicted octanol–water partition coefficient (Wildman–Crippen LogP) is 3.40. The Morgan fingerprint density at radius 1 is 1.11 bits per heavy atom. The van der Waals surface area contributed by atoms with Crippen LogP contribution in [-0.2, 0) is 19.1 Å². The van der Waals surface area contributed by atoms with Crippen LogP contribution in [-0.4, -0.2) is 64.8 Å². The number of rotatable bonds is 8. The molecule has 0 radical (unpaired) electrons. The summed E-state index contributed by atoms with van der Waals surface area (Å²) in [5.41, 5.74) is 0.470. The molecule has 4 aliphatic carbocycles. The molecule has 1 aliphatic heterocycles. The van der Waals surface area contributed by atoms with Crippen LogP contribution >= 0.6 is 0 Å². The molecule has 0 aromatic heterocycles. The number of alkyl halides is 3. The van der Waals surface area contributed by atoms with E-state index in [-0.39, 0.29) is 44.0 Å². The highest BCUT2D eigenvalue weighted by molar-refractivity contribution is 5.83. The van der Waals surface area contributed by atoms with E-state index in [1.54, 1.807) is 6.07 Å². The van der Waals surface area contributed by atoms with Crippen molar-refractivity contribution in [3.63, 3.8) is 0 Å². The lowest BCUT2D eigenvalue weighted by Gasteiger charge is -2.56. The van der Waals surface area contributed by atoms with Crippen molar-refractivity contribution in [3.05, 3.63) is 29.3 Å². The van der Waals surface area contributed by atoms with Gasteiger partial charge in [-0.15, -0.1) is 13.2 Å². The van der Waals surface area contributed by atoms with Gasteiger partial charge >= 0.3 is 6.36 Å². The van der Waals surface area contributed by atoms with Crippen LogP contribution in [0, 0.1) is 12.3 Å². The quantitative estimate of drug-likeness (QED) is 0.462. The van der Waals surface area contributed by atoms with Gasteiger partial charge in [0.2, 0.25) is 0 Å². The van der Waals surface area contributed by atoms with Crippen molar-refractivity contribution in [1.29, 1.82) is 0 Å². The Balaban J connectivity index is 1.10. The zero-order valence-corrected chi connectivity index (χ0v) is 21.3. The smallest absolute Gasteiger partial charge is 0.480 e. The van der Waals surface area contributed by atoms with E-state index in [0.29, 0.717) is 43.4 Å². The maximum Gasteiger partial charge on any atom is 0.522 e. The minimum atomic E-state index is -4.67. The van der Waals surface area contributed by atoms with Crippen molar-refractivity contribution < 1.29 is 47.2 Å². The van der Waals surface area contributed by atoms with Gasteiger partial charge in [-0.2, -0.15) is 0 Å². The standard InChI is InChI=1S/C27H34F3NO7/c1-15-2-3-21-19(8-15)20(33)11-22(37-21)24(35)31-26-6-4-25(5-7-26,23(34)13-26)12-16(32)14-36-17-9-18(10-17)38-27(28,29)30/h2-3,8,17-18,20,22-23,33-34H,4-7,9-14H2,1H3,(H,31,35)/t17?,18?,20-,22-,23+,25?,26?/m1/s1. The summed E-state index contributed by atoms with van der Waals surface area (Å²) in [7, 11) is 0. The normalized spacial score (nSPS) is 36.1. The molecule has 4 saturated carbocycles. The minimum absolute atomic E-state index is 0.0930. The summed E-state index contributed by atoms with van der Waals surface area (Å²) in [6.45, 7) is 1.71. The topological polar surface area (TPSA) is 114 Å². The third kappa shape index (κ3) is 5.71. The number of hydrogen-bond acceptors (Lipinski definition) is 7. The molecule has 1 heterocycles. The molecule has 1 aromatic carbocycles. The van der Waals surface area contributed by atoms with Gasteiger partial charge in [0.15, 0.2) is 11.9 Å². The lowest BCUT2D eigenvalue weighted by atomic mass is 9.54. The summed E-state index contributed by atoms with van der Waals surface area (Å²) in [5, 5.41) is 24.7. The molecule has 11 heteroatoms. The van der Waals surface area contributed by atoms with Gasteiger partial charge in [0, 0.05) is 42.2 Å². The molecule has 5 aliphatic rings. The summed E-state index contributed by atoms with van der Waals surface area (Å²) in [6, 6.07) is 5.47. The lowest BCUT2D eigenvalue weighted by molar-refractivity contribution is -0.357. The molecule has 210 valence electrons. The van der Waals surface area contributed by atoms with Crippen LogP contribution in [0.3, 0.4) is 0 Å². The Kier molecular flexibility index (Phi) is 7.25. The number of aryl methyl sites for hydroxylation is 1. The first kappa shape index (κ1) is 27.4. The van der Waals surface area contributed by atoms with Crippen LogP contribution in [0.1, 0.15) is 75.0 Å². The molecule has 6 rings (SSSR count). The van der Waals surface area contributed by atoms with Gasteiger partial charge in [0.25, 0.3) is 5.91 Å². The number of fused-ring (bicyclic) bond motifs is 4. The number of hydrogen-bond donors (Lipinski definition) is 3. The van der Waals surface area contributed by atoms with Crippen LogP contribution in [0.4, 0.5) is 13.2 Å². The van der Waals surface area contributed by atoms with Gasteiger partial charge in [-0.05, 0) is 51.2 Å². The molecule has 3 N–H and O–H groups in total. The number of nitrogens with one attached hydrogen (secondary N) is 1. The highest BCUT2D eigenvalue weighted by Gasteiger charge is 2.55. The lowest BCUT2D eigenvalue weighted by Crippen LogP contribution is -2.64. The number of carbonyl (C=O) groups excluding carboxylic acids is 2. The van der Waals surface area contributed by atoms with E-state index in [0.717, 1.165) is 5.56 Å². The van der Waals surface area contributed by atoms with Gasteiger partial charge in [-0.3, -0.25) is 14.3 Å². The van der Waals surface area contributed by atoms with Gasteiger partial charge in [0.05, 0.1) is 24.4 Å². The second-order valence-corrected chi connectivity index (χ2v) is 11.6. The van der Waals surface area contributed by atoms with E-state index in [4.69, 9.17) is 9.47 Å². The fourth-order valence-electron chi connectivity index (χ4n) is 6.48. The number of Topliss-reactive ketones (excluding diaryl/α,β-unsaturated/α-hetero) is 1. The van der Waals surface area contributed by atoms with E-state index >= 15 is 0 Å². The van der Waals surface area contributed by atoms with Gasteiger partial charge in [0.1, 0.15) is 12.4 Å². The second-order valence-electron chi connectivity index (χ2n) is 11.6. The minimum Gasteiger partial charge on any atom is -0.480 e. The summed E-state index contributed by atoms with van der Waals surface area (Å²) in [4.78, 5) is 25.8. The van der Waals surface area contributed by atoms with E-state index < -0.39 is 47.8 Å². The average molecular weight is 542 g/mol. The number of aliphatic hydroxyl groups excluding tert-OH is 2. The van der Waals surface area contributed by atoms with Crippen LogP contribution < -0.4 is 10.1 Å². The number of halogens is 3. The average Bonchev–Trinajstić information content (AvgIpc) is 2.81. The number of aliphatic hydroxyl groups is 2. The van der Waals surface area contributed by atoms with Crippen molar-refractivity contribution in [3.8, 4) is 5.75 Å². The van der Waals surface area contributed by atoms with Crippen molar-refractivity contribution in [2.24, 2.45) is 5.41 Å². The molecule has 1 amide bonds. The fraction of sp³-hybridized carbons (Fsp3) is 0.704. The van der Waals surface area contributed by atoms with Crippen LogP contribution in [0.15, 0.2) is 18.2 Å². The molecule has 0 saturated heterocycles. The number of carbonyl (C=O) groups is 2.